The molecule has 0 radical (unpaired) electrons. The zero-order valence-electron chi connectivity index (χ0n) is 10.0. The fourth-order valence-corrected chi connectivity index (χ4v) is 2.42. The van der Waals surface area contributed by atoms with Crippen molar-refractivity contribution in [1.82, 2.24) is 9.80 Å². The lowest BCUT2D eigenvalue weighted by molar-refractivity contribution is -0.130. The lowest BCUT2D eigenvalue weighted by atomic mass is 10.1. The molecule has 0 aliphatic carbocycles. The second-order valence-corrected chi connectivity index (χ2v) is 4.81. The van der Waals surface area contributed by atoms with Gasteiger partial charge in [0.15, 0.2) is 5.96 Å². The van der Waals surface area contributed by atoms with Crippen molar-refractivity contribution >= 4 is 11.9 Å². The summed E-state index contributed by atoms with van der Waals surface area (Å²) in [6, 6.07) is 0.574. The van der Waals surface area contributed by atoms with Crippen molar-refractivity contribution < 1.29 is 4.79 Å². The van der Waals surface area contributed by atoms with Gasteiger partial charge in [0.05, 0.1) is 0 Å². The monoisotopic (exact) mass is 224 g/mol. The van der Waals surface area contributed by atoms with Crippen LogP contribution in [-0.2, 0) is 4.79 Å². The number of carbonyl (C=O) groups is 1. The lowest BCUT2D eigenvalue weighted by Gasteiger charge is -2.38. The summed E-state index contributed by atoms with van der Waals surface area (Å²) in [7, 11) is 0. The number of amides is 1. The van der Waals surface area contributed by atoms with Crippen LogP contribution >= 0.6 is 0 Å². The van der Waals surface area contributed by atoms with Crippen molar-refractivity contribution in [2.24, 2.45) is 10.7 Å². The van der Waals surface area contributed by atoms with E-state index in [9.17, 15) is 4.79 Å². The van der Waals surface area contributed by atoms with Crippen molar-refractivity contribution in [2.75, 3.05) is 19.6 Å². The van der Waals surface area contributed by atoms with Crippen LogP contribution in [0.5, 0.6) is 0 Å². The molecule has 0 bridgehead atoms. The van der Waals surface area contributed by atoms with Gasteiger partial charge in [-0.15, -0.1) is 0 Å². The van der Waals surface area contributed by atoms with Crippen LogP contribution < -0.4 is 5.73 Å². The van der Waals surface area contributed by atoms with Crippen LogP contribution in [0.15, 0.2) is 4.99 Å². The second kappa shape index (κ2) is 4.31. The van der Waals surface area contributed by atoms with E-state index in [0.29, 0.717) is 24.3 Å². The van der Waals surface area contributed by atoms with Gasteiger partial charge in [-0.2, -0.15) is 0 Å². The SMILES string of the molecule is CC(C)N=C(N)N1CCN2C(=O)CCC2C1. The summed E-state index contributed by atoms with van der Waals surface area (Å²) >= 11 is 0. The van der Waals surface area contributed by atoms with Crippen LogP contribution in [0.3, 0.4) is 0 Å². The molecule has 90 valence electrons. The molecule has 2 N–H and O–H groups in total. The molecule has 2 saturated heterocycles. The van der Waals surface area contributed by atoms with Gasteiger partial charge in [-0.1, -0.05) is 0 Å². The number of carbonyl (C=O) groups excluding carboxylic acids is 1. The van der Waals surface area contributed by atoms with Crippen LogP contribution in [0.25, 0.3) is 0 Å². The van der Waals surface area contributed by atoms with Gasteiger partial charge in [0, 0.05) is 38.1 Å². The predicted molar refractivity (Wildman–Crippen MR) is 63.1 cm³/mol. The second-order valence-electron chi connectivity index (χ2n) is 4.81. The van der Waals surface area contributed by atoms with Gasteiger partial charge in [0.2, 0.25) is 5.91 Å². The van der Waals surface area contributed by atoms with Gasteiger partial charge in [-0.3, -0.25) is 9.79 Å². The van der Waals surface area contributed by atoms with E-state index in [4.69, 9.17) is 5.73 Å². The number of piperazine rings is 1. The largest absolute Gasteiger partial charge is 0.370 e. The van der Waals surface area contributed by atoms with E-state index in [0.717, 1.165) is 26.1 Å². The third kappa shape index (κ3) is 2.13. The molecule has 1 amide bonds. The van der Waals surface area contributed by atoms with E-state index in [1.807, 2.05) is 18.7 Å². The molecule has 2 fully saturated rings. The molecule has 2 rings (SSSR count). The van der Waals surface area contributed by atoms with Gasteiger partial charge < -0.3 is 15.5 Å². The Kier molecular flexibility index (Phi) is 3.03. The van der Waals surface area contributed by atoms with E-state index in [1.54, 1.807) is 0 Å². The van der Waals surface area contributed by atoms with Gasteiger partial charge in [0.1, 0.15) is 0 Å². The molecule has 0 aromatic carbocycles. The van der Waals surface area contributed by atoms with Crippen LogP contribution in [-0.4, -0.2) is 53.4 Å². The number of aliphatic imine (C=N–C) groups is 1. The van der Waals surface area contributed by atoms with Crippen LogP contribution in [0.4, 0.5) is 0 Å². The Morgan fingerprint density at radius 3 is 2.94 bits per heavy atom. The first-order chi connectivity index (χ1) is 7.58. The average molecular weight is 224 g/mol. The highest BCUT2D eigenvalue weighted by Gasteiger charge is 2.35. The lowest BCUT2D eigenvalue weighted by Crippen LogP contribution is -2.55. The van der Waals surface area contributed by atoms with Gasteiger partial charge >= 0.3 is 0 Å². The van der Waals surface area contributed by atoms with Gasteiger partial charge in [-0.05, 0) is 20.3 Å². The Bertz CT molecular complexity index is 313. The van der Waals surface area contributed by atoms with E-state index >= 15 is 0 Å². The molecule has 1 atom stereocenters. The third-order valence-corrected chi connectivity index (χ3v) is 3.21. The van der Waals surface area contributed by atoms with Crippen molar-refractivity contribution in [3.63, 3.8) is 0 Å². The Labute approximate surface area is 96.3 Å². The highest BCUT2D eigenvalue weighted by molar-refractivity contribution is 5.81. The summed E-state index contributed by atoms with van der Waals surface area (Å²) in [6.45, 7) is 6.47. The zero-order valence-corrected chi connectivity index (χ0v) is 10.0. The molecule has 5 heteroatoms. The molecule has 0 saturated carbocycles. The number of hydrogen-bond donors (Lipinski definition) is 1. The normalized spacial score (nSPS) is 26.6. The van der Waals surface area contributed by atoms with Crippen LogP contribution in [0.2, 0.25) is 0 Å². The molecule has 16 heavy (non-hydrogen) atoms. The van der Waals surface area contributed by atoms with Crippen molar-refractivity contribution in [2.45, 2.75) is 38.8 Å². The van der Waals surface area contributed by atoms with E-state index in [1.165, 1.54) is 0 Å². The van der Waals surface area contributed by atoms with E-state index < -0.39 is 0 Å². The van der Waals surface area contributed by atoms with Crippen LogP contribution in [0, 0.1) is 0 Å². The fourth-order valence-electron chi connectivity index (χ4n) is 2.42. The molecule has 2 heterocycles. The first kappa shape index (κ1) is 11.2. The summed E-state index contributed by atoms with van der Waals surface area (Å²) in [5, 5.41) is 0. The maximum absolute atomic E-state index is 11.5. The number of nitrogens with zero attached hydrogens (tertiary/aromatic N) is 3. The summed E-state index contributed by atoms with van der Waals surface area (Å²) in [4.78, 5) is 19.9. The minimum absolute atomic E-state index is 0.225. The number of guanidine groups is 1. The Hall–Kier alpha value is -1.26. The molecule has 0 aromatic rings. The van der Waals surface area contributed by atoms with Crippen LogP contribution in [0.1, 0.15) is 26.7 Å². The minimum Gasteiger partial charge on any atom is -0.370 e. The van der Waals surface area contributed by atoms with Crippen molar-refractivity contribution in [3.05, 3.63) is 0 Å². The quantitative estimate of drug-likeness (QED) is 0.504. The molecule has 2 aliphatic heterocycles. The number of nitrogens with two attached hydrogens (primary N) is 1. The minimum atomic E-state index is 0.225. The first-order valence-electron chi connectivity index (χ1n) is 5.95. The molecule has 5 nitrogen and oxygen atoms in total. The summed E-state index contributed by atoms with van der Waals surface area (Å²) < 4.78 is 0. The maximum atomic E-state index is 11.5. The number of fused-ring (bicyclic) bond motifs is 1. The van der Waals surface area contributed by atoms with Crippen molar-refractivity contribution in [3.8, 4) is 0 Å². The molecule has 0 aromatic heterocycles. The highest BCUT2D eigenvalue weighted by atomic mass is 16.2. The standard InChI is InChI=1S/C11H20N4O/c1-8(2)13-11(12)14-5-6-15-9(7-14)3-4-10(15)16/h8-9H,3-7H2,1-2H3,(H2,12,13). The third-order valence-electron chi connectivity index (χ3n) is 3.21. The van der Waals surface area contributed by atoms with Gasteiger partial charge in [0.25, 0.3) is 0 Å². The fraction of sp³-hybridized carbons (Fsp3) is 0.818. The molecule has 2 aliphatic rings. The Balaban J connectivity index is 1.99. The predicted octanol–water partition coefficient (Wildman–Crippen LogP) is 0.0161. The number of hydrogen-bond acceptors (Lipinski definition) is 2. The molecular formula is C11H20N4O. The van der Waals surface area contributed by atoms with E-state index in [-0.39, 0.29) is 6.04 Å². The summed E-state index contributed by atoms with van der Waals surface area (Å²) in [5.41, 5.74) is 5.94. The zero-order chi connectivity index (χ0) is 11.7. The first-order valence-corrected chi connectivity index (χ1v) is 5.95. The summed E-state index contributed by atoms with van der Waals surface area (Å²) in [5.74, 6) is 0.915. The molecule has 1 unspecified atom stereocenters. The average Bonchev–Trinajstić information content (AvgIpc) is 2.59. The molecule has 0 spiro atoms. The Morgan fingerprint density at radius 1 is 1.50 bits per heavy atom. The maximum Gasteiger partial charge on any atom is 0.223 e. The topological polar surface area (TPSA) is 61.9 Å². The Morgan fingerprint density at radius 2 is 2.25 bits per heavy atom. The number of rotatable bonds is 1. The summed E-state index contributed by atoms with van der Waals surface area (Å²) in [6.07, 6.45) is 1.66. The van der Waals surface area contributed by atoms with Gasteiger partial charge in [-0.25, -0.2) is 0 Å². The molecular weight excluding hydrogens is 204 g/mol. The van der Waals surface area contributed by atoms with E-state index in [2.05, 4.69) is 9.89 Å². The van der Waals surface area contributed by atoms with Crippen molar-refractivity contribution in [1.29, 1.82) is 0 Å². The smallest absolute Gasteiger partial charge is 0.223 e. The highest BCUT2D eigenvalue weighted by Crippen LogP contribution is 2.22.